The number of hydrogen-bond acceptors (Lipinski definition) is 6. The summed E-state index contributed by atoms with van der Waals surface area (Å²) in [5, 5.41) is 11.8. The number of rotatable bonds is 2. The highest BCUT2D eigenvalue weighted by atomic mass is 15.2. The van der Waals surface area contributed by atoms with Gasteiger partial charge in [-0.25, -0.2) is 0 Å². The molecule has 0 saturated heterocycles. The molecule has 1 saturated carbocycles. The third-order valence-electron chi connectivity index (χ3n) is 1.99. The highest BCUT2D eigenvalue weighted by molar-refractivity contribution is 5.66. The average Bonchev–Trinajstić information content (AvgIpc) is 2.95. The molecule has 6 heteroatoms. The van der Waals surface area contributed by atoms with E-state index in [0.29, 0.717) is 12.0 Å². The Hall–Kier alpha value is -2.03. The van der Waals surface area contributed by atoms with Gasteiger partial charge in [-0.2, -0.15) is 15.2 Å². The zero-order valence-corrected chi connectivity index (χ0v) is 7.49. The van der Waals surface area contributed by atoms with Crippen molar-refractivity contribution < 1.29 is 0 Å². The van der Waals surface area contributed by atoms with Crippen LogP contribution in [0, 0.1) is 11.3 Å². The molecule has 1 aromatic rings. The predicted molar refractivity (Wildman–Crippen MR) is 52.2 cm³/mol. The molecule has 0 bridgehead atoms. The van der Waals surface area contributed by atoms with Crippen molar-refractivity contribution in [2.45, 2.75) is 18.9 Å². The Morgan fingerprint density at radius 1 is 1.36 bits per heavy atom. The molecule has 1 aliphatic rings. The van der Waals surface area contributed by atoms with E-state index in [1.165, 1.54) is 0 Å². The second-order valence-electron chi connectivity index (χ2n) is 3.23. The number of hydrogen-bond donors (Lipinski definition) is 3. The van der Waals surface area contributed by atoms with Crippen LogP contribution in [0.15, 0.2) is 0 Å². The van der Waals surface area contributed by atoms with Crippen LogP contribution < -0.4 is 16.8 Å². The molecule has 0 aliphatic heterocycles. The van der Waals surface area contributed by atoms with Crippen molar-refractivity contribution in [2.24, 2.45) is 0 Å². The average molecular weight is 190 g/mol. The lowest BCUT2D eigenvalue weighted by atomic mass is 10.3. The van der Waals surface area contributed by atoms with Gasteiger partial charge in [-0.15, -0.1) is 0 Å². The number of nitrogens with zero attached hydrogens (tertiary/aromatic N) is 3. The van der Waals surface area contributed by atoms with E-state index in [1.54, 1.807) is 0 Å². The fraction of sp³-hybridized carbons (Fsp3) is 0.375. The standard InChI is InChI=1S/C8H10N6/c9-3-5-6(10)7(11)14-8(13-5)12-4-1-2-4/h4H,1-2,10H2,(H3,11,12,13,14). The van der Waals surface area contributed by atoms with E-state index in [2.05, 4.69) is 15.3 Å². The third kappa shape index (κ3) is 1.52. The van der Waals surface area contributed by atoms with Crippen molar-refractivity contribution in [3.8, 4) is 6.07 Å². The molecule has 72 valence electrons. The second-order valence-corrected chi connectivity index (χ2v) is 3.23. The van der Waals surface area contributed by atoms with Crippen molar-refractivity contribution in [3.05, 3.63) is 5.69 Å². The Kier molecular flexibility index (Phi) is 1.85. The lowest BCUT2D eigenvalue weighted by Crippen LogP contribution is -2.10. The van der Waals surface area contributed by atoms with Gasteiger partial charge in [0.1, 0.15) is 11.8 Å². The van der Waals surface area contributed by atoms with E-state index < -0.39 is 0 Å². The lowest BCUT2D eigenvalue weighted by molar-refractivity contribution is 1.05. The highest BCUT2D eigenvalue weighted by Gasteiger charge is 2.22. The minimum atomic E-state index is 0.126. The number of nitriles is 1. The molecule has 1 aliphatic carbocycles. The van der Waals surface area contributed by atoms with Crippen LogP contribution in [-0.4, -0.2) is 16.0 Å². The fourth-order valence-corrected chi connectivity index (χ4v) is 1.05. The Morgan fingerprint density at radius 3 is 2.64 bits per heavy atom. The Morgan fingerprint density at radius 2 is 2.07 bits per heavy atom. The number of nitrogens with one attached hydrogen (secondary N) is 1. The first-order chi connectivity index (χ1) is 6.70. The Balaban J connectivity index is 2.33. The summed E-state index contributed by atoms with van der Waals surface area (Å²) < 4.78 is 0. The van der Waals surface area contributed by atoms with E-state index >= 15 is 0 Å². The van der Waals surface area contributed by atoms with Gasteiger partial charge in [0, 0.05) is 6.04 Å². The zero-order chi connectivity index (χ0) is 10.1. The minimum Gasteiger partial charge on any atom is -0.393 e. The van der Waals surface area contributed by atoms with Crippen LogP contribution in [0.3, 0.4) is 0 Å². The van der Waals surface area contributed by atoms with Gasteiger partial charge in [-0.1, -0.05) is 0 Å². The number of nitrogen functional groups attached to an aromatic ring is 2. The summed E-state index contributed by atoms with van der Waals surface area (Å²) in [4.78, 5) is 7.88. The molecule has 1 fully saturated rings. The molecule has 14 heavy (non-hydrogen) atoms. The monoisotopic (exact) mass is 190 g/mol. The molecule has 0 unspecified atom stereocenters. The number of nitrogens with two attached hydrogens (primary N) is 2. The van der Waals surface area contributed by atoms with Gasteiger partial charge in [-0.3, -0.25) is 0 Å². The van der Waals surface area contributed by atoms with Crippen molar-refractivity contribution in [1.29, 1.82) is 5.26 Å². The highest BCUT2D eigenvalue weighted by Crippen LogP contribution is 2.24. The summed E-state index contributed by atoms with van der Waals surface area (Å²) in [5.41, 5.74) is 11.3. The maximum Gasteiger partial charge on any atom is 0.226 e. The van der Waals surface area contributed by atoms with Crippen LogP contribution in [0.5, 0.6) is 0 Å². The van der Waals surface area contributed by atoms with E-state index in [4.69, 9.17) is 16.7 Å². The molecule has 0 amide bonds. The van der Waals surface area contributed by atoms with E-state index in [1.807, 2.05) is 6.07 Å². The van der Waals surface area contributed by atoms with Crippen LogP contribution in [0.1, 0.15) is 18.5 Å². The summed E-state index contributed by atoms with van der Waals surface area (Å²) >= 11 is 0. The molecule has 0 radical (unpaired) electrons. The van der Waals surface area contributed by atoms with E-state index in [0.717, 1.165) is 12.8 Å². The first-order valence-electron chi connectivity index (χ1n) is 4.30. The van der Waals surface area contributed by atoms with Crippen molar-refractivity contribution >= 4 is 17.5 Å². The summed E-state index contributed by atoms with van der Waals surface area (Å²) in [7, 11) is 0. The number of aromatic nitrogens is 2. The minimum absolute atomic E-state index is 0.126. The van der Waals surface area contributed by atoms with E-state index in [9.17, 15) is 0 Å². The van der Waals surface area contributed by atoms with Gasteiger partial charge in [0.25, 0.3) is 0 Å². The van der Waals surface area contributed by atoms with Crippen molar-refractivity contribution in [1.82, 2.24) is 9.97 Å². The Bertz CT molecular complexity index is 403. The second kappa shape index (κ2) is 3.03. The summed E-state index contributed by atoms with van der Waals surface area (Å²) in [5.74, 6) is 0.537. The summed E-state index contributed by atoms with van der Waals surface area (Å²) in [6, 6.07) is 2.29. The van der Waals surface area contributed by atoms with Crippen LogP contribution in [0.4, 0.5) is 17.5 Å². The van der Waals surface area contributed by atoms with Gasteiger partial charge < -0.3 is 16.8 Å². The van der Waals surface area contributed by atoms with Gasteiger partial charge in [-0.05, 0) is 12.8 Å². The zero-order valence-electron chi connectivity index (χ0n) is 7.49. The maximum absolute atomic E-state index is 8.71. The van der Waals surface area contributed by atoms with Crippen LogP contribution in [0.2, 0.25) is 0 Å². The molecule has 0 aromatic carbocycles. The number of anilines is 3. The van der Waals surface area contributed by atoms with Crippen molar-refractivity contribution in [3.63, 3.8) is 0 Å². The van der Waals surface area contributed by atoms with E-state index in [-0.39, 0.29) is 17.2 Å². The first kappa shape index (κ1) is 8.56. The summed E-state index contributed by atoms with van der Waals surface area (Å²) in [6.07, 6.45) is 2.21. The van der Waals surface area contributed by atoms with Crippen molar-refractivity contribution in [2.75, 3.05) is 16.8 Å². The maximum atomic E-state index is 8.71. The molecule has 0 spiro atoms. The molecule has 6 nitrogen and oxygen atoms in total. The van der Waals surface area contributed by atoms with Crippen LogP contribution in [-0.2, 0) is 0 Å². The van der Waals surface area contributed by atoms with Gasteiger partial charge in [0.05, 0.1) is 0 Å². The fourth-order valence-electron chi connectivity index (χ4n) is 1.05. The SMILES string of the molecule is N#Cc1nc(NC2CC2)nc(N)c1N. The van der Waals surface area contributed by atoms with Crippen LogP contribution in [0.25, 0.3) is 0 Å². The lowest BCUT2D eigenvalue weighted by Gasteiger charge is -2.05. The molecule has 2 rings (SSSR count). The van der Waals surface area contributed by atoms with Crippen LogP contribution >= 0.6 is 0 Å². The Labute approximate surface area is 80.9 Å². The molecule has 1 heterocycles. The van der Waals surface area contributed by atoms with Gasteiger partial charge >= 0.3 is 0 Å². The molecule has 5 N–H and O–H groups in total. The predicted octanol–water partition coefficient (Wildman–Crippen LogP) is 0.0870. The first-order valence-corrected chi connectivity index (χ1v) is 4.30. The largest absolute Gasteiger partial charge is 0.393 e. The molecule has 1 aromatic heterocycles. The van der Waals surface area contributed by atoms with Gasteiger partial charge in [0.2, 0.25) is 5.95 Å². The van der Waals surface area contributed by atoms with Gasteiger partial charge in [0.15, 0.2) is 11.5 Å². The normalized spacial score (nSPS) is 14.8. The third-order valence-corrected chi connectivity index (χ3v) is 1.99. The molecular weight excluding hydrogens is 180 g/mol. The smallest absolute Gasteiger partial charge is 0.226 e. The molecule has 0 atom stereocenters. The summed E-state index contributed by atoms with van der Waals surface area (Å²) in [6.45, 7) is 0. The quantitative estimate of drug-likeness (QED) is 0.608. The topological polar surface area (TPSA) is 114 Å². The molecular formula is C8H10N6.